The van der Waals surface area contributed by atoms with Gasteiger partial charge in [0.05, 0.1) is 0 Å². The maximum absolute atomic E-state index is 13.9. The Morgan fingerprint density at radius 2 is 1.58 bits per heavy atom. The van der Waals surface area contributed by atoms with Gasteiger partial charge in [0.1, 0.15) is 0 Å². The van der Waals surface area contributed by atoms with Crippen LogP contribution >= 0.6 is 0 Å². The van der Waals surface area contributed by atoms with Crippen LogP contribution in [-0.2, 0) is 13.1 Å². The van der Waals surface area contributed by atoms with Crippen LogP contribution in [0.5, 0.6) is 0 Å². The summed E-state index contributed by atoms with van der Waals surface area (Å²) < 4.78 is 0. The van der Waals surface area contributed by atoms with Crippen molar-refractivity contribution in [2.24, 2.45) is 0 Å². The summed E-state index contributed by atoms with van der Waals surface area (Å²) in [5.41, 5.74) is 8.45. The van der Waals surface area contributed by atoms with Gasteiger partial charge in [0.2, 0.25) is 0 Å². The van der Waals surface area contributed by atoms with Crippen molar-refractivity contribution in [1.29, 1.82) is 0 Å². The van der Waals surface area contributed by atoms with Crippen LogP contribution in [0.4, 0.5) is 5.69 Å². The van der Waals surface area contributed by atoms with E-state index in [9.17, 15) is 9.59 Å². The molecule has 3 aromatic rings. The van der Waals surface area contributed by atoms with Crippen LogP contribution in [0, 0.1) is 20.8 Å². The van der Waals surface area contributed by atoms with Crippen molar-refractivity contribution >= 4 is 11.6 Å². The van der Waals surface area contributed by atoms with Crippen LogP contribution in [0.1, 0.15) is 90.2 Å². The number of hydrogen-bond donors (Lipinski definition) is 2. The minimum absolute atomic E-state index is 0.144. The molecule has 2 aromatic carbocycles. The average Bonchev–Trinajstić information content (AvgIpc) is 3.02. The van der Waals surface area contributed by atoms with Gasteiger partial charge in [-0.25, -0.2) is 0 Å². The van der Waals surface area contributed by atoms with Gasteiger partial charge in [-0.2, -0.15) is 0 Å². The molecule has 2 fully saturated rings. The molecule has 1 amide bonds. The van der Waals surface area contributed by atoms with E-state index in [0.717, 1.165) is 59.6 Å². The minimum atomic E-state index is -0.149. The van der Waals surface area contributed by atoms with Crippen molar-refractivity contribution in [1.82, 2.24) is 20.1 Å². The quantitative estimate of drug-likeness (QED) is 0.271. The number of hydrogen-bond acceptors (Lipinski definition) is 5. The number of aromatic amines is 1. The summed E-state index contributed by atoms with van der Waals surface area (Å²) in [5, 5.41) is 3.08. The van der Waals surface area contributed by atoms with Crippen molar-refractivity contribution in [3.63, 3.8) is 0 Å². The molecule has 0 bridgehead atoms. The summed E-state index contributed by atoms with van der Waals surface area (Å²) in [6, 6.07) is 16.3. The SMILES string of the molecule is CCN(c1cc(-c2ccc(CN3CCCCC3)cc2)cc(C(=O)NCc2c(C)cc(C)[nH]c2=O)c1C)[C@H]1CC[C@H](N(C)C)CC1. The third-order valence-electron chi connectivity index (χ3n) is 10.2. The molecule has 242 valence electrons. The number of carbonyl (C=O) groups excluding carboxylic acids is 1. The largest absolute Gasteiger partial charge is 0.369 e. The zero-order chi connectivity index (χ0) is 32.1. The first-order valence-corrected chi connectivity index (χ1v) is 17.0. The predicted molar refractivity (Wildman–Crippen MR) is 186 cm³/mol. The maximum atomic E-state index is 13.9. The van der Waals surface area contributed by atoms with Gasteiger partial charge in [0.25, 0.3) is 11.5 Å². The van der Waals surface area contributed by atoms with Gasteiger partial charge >= 0.3 is 0 Å². The van der Waals surface area contributed by atoms with Crippen LogP contribution in [0.25, 0.3) is 11.1 Å². The van der Waals surface area contributed by atoms with Crippen LogP contribution in [-0.4, -0.2) is 66.5 Å². The second kappa shape index (κ2) is 14.8. The van der Waals surface area contributed by atoms with E-state index in [0.29, 0.717) is 23.2 Å². The summed E-state index contributed by atoms with van der Waals surface area (Å²) in [7, 11) is 4.37. The first-order chi connectivity index (χ1) is 21.6. The molecule has 1 saturated carbocycles. The van der Waals surface area contributed by atoms with E-state index in [1.54, 1.807) is 0 Å². The van der Waals surface area contributed by atoms with E-state index in [1.807, 2.05) is 26.0 Å². The van der Waals surface area contributed by atoms with E-state index in [-0.39, 0.29) is 18.0 Å². The third kappa shape index (κ3) is 7.87. The topological polar surface area (TPSA) is 71.7 Å². The molecule has 0 atom stereocenters. The Kier molecular flexibility index (Phi) is 10.8. The monoisotopic (exact) mass is 611 g/mol. The highest BCUT2D eigenvalue weighted by Gasteiger charge is 2.28. The molecule has 2 heterocycles. The molecule has 1 aromatic heterocycles. The summed E-state index contributed by atoms with van der Waals surface area (Å²) in [5.74, 6) is -0.149. The van der Waals surface area contributed by atoms with E-state index in [2.05, 4.69) is 83.3 Å². The number of nitrogens with zero attached hydrogens (tertiary/aromatic N) is 3. The van der Waals surface area contributed by atoms with Gasteiger partial charge in [-0.15, -0.1) is 0 Å². The van der Waals surface area contributed by atoms with Crippen molar-refractivity contribution in [2.75, 3.05) is 38.6 Å². The van der Waals surface area contributed by atoms with Crippen molar-refractivity contribution in [3.05, 3.63) is 86.3 Å². The number of aryl methyl sites for hydroxylation is 2. The van der Waals surface area contributed by atoms with Crippen molar-refractivity contribution in [3.8, 4) is 11.1 Å². The van der Waals surface area contributed by atoms with Gasteiger partial charge < -0.3 is 20.1 Å². The minimum Gasteiger partial charge on any atom is -0.369 e. The zero-order valence-corrected chi connectivity index (χ0v) is 28.3. The lowest BCUT2D eigenvalue weighted by Gasteiger charge is -2.40. The van der Waals surface area contributed by atoms with Gasteiger partial charge in [-0.1, -0.05) is 30.7 Å². The summed E-state index contributed by atoms with van der Waals surface area (Å²) in [6.45, 7) is 12.5. The second-order valence-corrected chi connectivity index (χ2v) is 13.5. The highest BCUT2D eigenvalue weighted by Crippen LogP contribution is 2.36. The normalized spacial score (nSPS) is 19.1. The molecular formula is C38H53N5O2. The van der Waals surface area contributed by atoms with E-state index >= 15 is 0 Å². The number of likely N-dealkylation sites (tertiary alicyclic amines) is 1. The molecular weight excluding hydrogens is 558 g/mol. The fraction of sp³-hybridized carbons (Fsp3) is 0.526. The van der Waals surface area contributed by atoms with Crippen LogP contribution in [0.3, 0.4) is 0 Å². The Hall–Kier alpha value is -3.42. The van der Waals surface area contributed by atoms with E-state index in [1.165, 1.54) is 50.8 Å². The van der Waals surface area contributed by atoms with E-state index < -0.39 is 0 Å². The predicted octanol–water partition coefficient (Wildman–Crippen LogP) is 6.58. The van der Waals surface area contributed by atoms with Crippen LogP contribution in [0.15, 0.2) is 47.3 Å². The molecule has 1 aliphatic carbocycles. The number of aromatic nitrogens is 1. The molecule has 1 aliphatic heterocycles. The fourth-order valence-corrected chi connectivity index (χ4v) is 7.45. The van der Waals surface area contributed by atoms with Crippen molar-refractivity contribution in [2.45, 2.75) is 97.8 Å². The Balaban J connectivity index is 1.46. The lowest BCUT2D eigenvalue weighted by molar-refractivity contribution is 0.0950. The summed E-state index contributed by atoms with van der Waals surface area (Å²) in [6.07, 6.45) is 8.57. The molecule has 7 heteroatoms. The molecule has 2 N–H and O–H groups in total. The smallest absolute Gasteiger partial charge is 0.253 e. The number of rotatable bonds is 10. The number of amides is 1. The Bertz CT molecular complexity index is 1510. The van der Waals surface area contributed by atoms with Crippen molar-refractivity contribution < 1.29 is 4.79 Å². The van der Waals surface area contributed by atoms with Crippen LogP contribution < -0.4 is 15.8 Å². The lowest BCUT2D eigenvalue weighted by atomic mass is 9.88. The average molecular weight is 612 g/mol. The first-order valence-electron chi connectivity index (χ1n) is 17.0. The molecule has 0 radical (unpaired) electrons. The molecule has 45 heavy (non-hydrogen) atoms. The zero-order valence-electron chi connectivity index (χ0n) is 28.3. The number of piperidine rings is 1. The highest BCUT2D eigenvalue weighted by molar-refractivity contribution is 5.99. The Morgan fingerprint density at radius 1 is 0.911 bits per heavy atom. The number of benzene rings is 2. The number of anilines is 1. The fourth-order valence-electron chi connectivity index (χ4n) is 7.45. The van der Waals surface area contributed by atoms with Gasteiger partial charge in [0, 0.05) is 54.2 Å². The highest BCUT2D eigenvalue weighted by atomic mass is 16.1. The number of nitrogens with one attached hydrogen (secondary N) is 2. The van der Waals surface area contributed by atoms with Gasteiger partial charge in [0.15, 0.2) is 0 Å². The lowest BCUT2D eigenvalue weighted by Crippen LogP contribution is -2.42. The third-order valence-corrected chi connectivity index (χ3v) is 10.2. The number of carbonyl (C=O) groups is 1. The molecule has 1 saturated heterocycles. The van der Waals surface area contributed by atoms with Gasteiger partial charge in [-0.3, -0.25) is 14.5 Å². The molecule has 7 nitrogen and oxygen atoms in total. The Labute approximate surface area is 270 Å². The first kappa shape index (κ1) is 33.0. The second-order valence-electron chi connectivity index (χ2n) is 13.5. The van der Waals surface area contributed by atoms with E-state index in [4.69, 9.17) is 0 Å². The number of pyridine rings is 1. The standard InChI is InChI=1S/C38H53N5O2/c1-7-43(33-17-15-32(16-18-33)41(5)6)36-23-31(30-13-11-29(12-14-30)25-42-19-9-8-10-20-42)22-34(28(36)4)37(44)39-24-35-26(2)21-27(3)40-38(35)45/h11-14,21-23,32-33H,7-10,15-20,24-25H2,1-6H3,(H,39,44)(H,40,45)/t32-,33-. The Morgan fingerprint density at radius 3 is 2.20 bits per heavy atom. The van der Waals surface area contributed by atoms with Crippen LogP contribution in [0.2, 0.25) is 0 Å². The number of H-pyrrole nitrogens is 1. The molecule has 0 unspecified atom stereocenters. The molecule has 5 rings (SSSR count). The summed E-state index contributed by atoms with van der Waals surface area (Å²) >= 11 is 0. The maximum Gasteiger partial charge on any atom is 0.253 e. The van der Waals surface area contributed by atoms with Gasteiger partial charge in [-0.05, 0) is 139 Å². The summed E-state index contributed by atoms with van der Waals surface area (Å²) in [4.78, 5) is 36.9. The molecule has 2 aliphatic rings. The molecule has 0 spiro atoms.